The molecule has 0 radical (unpaired) electrons. The van der Waals surface area contributed by atoms with Crippen molar-refractivity contribution in [3.8, 4) is 0 Å². The minimum absolute atomic E-state index is 0.107. The molecule has 0 aliphatic carbocycles. The predicted octanol–water partition coefficient (Wildman–Crippen LogP) is 1.56. The van der Waals surface area contributed by atoms with Crippen LogP contribution in [0.5, 0.6) is 0 Å². The molecule has 1 N–H and O–H groups in total. The van der Waals surface area contributed by atoms with Gasteiger partial charge in [-0.3, -0.25) is 4.79 Å². The van der Waals surface area contributed by atoms with Gasteiger partial charge in [0.25, 0.3) is 5.91 Å². The maximum atomic E-state index is 13.0. The number of carboxylic acids is 1. The zero-order valence-electron chi connectivity index (χ0n) is 9.27. The van der Waals surface area contributed by atoms with E-state index in [9.17, 15) is 14.0 Å². The third-order valence-electron chi connectivity index (χ3n) is 2.83. The van der Waals surface area contributed by atoms with E-state index < -0.39 is 23.7 Å². The summed E-state index contributed by atoms with van der Waals surface area (Å²) in [6, 6.07) is 0.0892. The van der Waals surface area contributed by atoms with Crippen LogP contribution in [0.15, 0.2) is 12.3 Å². The Kier molecular flexibility index (Phi) is 3.47. The number of carbonyl (C=O) groups excluding carboxylic acids is 1. The summed E-state index contributed by atoms with van der Waals surface area (Å²) in [4.78, 5) is 27.8. The Balaban J connectivity index is 2.31. The molecule has 2 rings (SSSR count). The molecule has 1 atom stereocenters. The quantitative estimate of drug-likeness (QED) is 0.830. The molecule has 5 nitrogen and oxygen atoms in total. The number of carboxylic acid groups (broad SMARTS) is 1. The second-order valence-corrected chi connectivity index (χ2v) is 4.34. The molecule has 1 aromatic rings. The highest BCUT2D eigenvalue weighted by Crippen LogP contribution is 2.23. The molecule has 1 aliphatic rings. The molecule has 1 saturated heterocycles. The normalized spacial score (nSPS) is 19.0. The van der Waals surface area contributed by atoms with Crippen molar-refractivity contribution >= 4 is 23.5 Å². The van der Waals surface area contributed by atoms with Crippen molar-refractivity contribution in [1.82, 2.24) is 9.88 Å². The molecule has 0 unspecified atom stereocenters. The van der Waals surface area contributed by atoms with Gasteiger partial charge in [0.15, 0.2) is 0 Å². The number of nitrogens with zero attached hydrogens (tertiary/aromatic N) is 2. The summed E-state index contributed by atoms with van der Waals surface area (Å²) < 4.78 is 13.0. The van der Waals surface area contributed by atoms with E-state index in [4.69, 9.17) is 16.7 Å². The highest BCUT2D eigenvalue weighted by molar-refractivity contribution is 6.32. The van der Waals surface area contributed by atoms with Gasteiger partial charge in [0, 0.05) is 6.54 Å². The second kappa shape index (κ2) is 4.89. The van der Waals surface area contributed by atoms with Crippen molar-refractivity contribution in [2.75, 3.05) is 6.54 Å². The first-order valence-corrected chi connectivity index (χ1v) is 5.73. The number of aliphatic carboxylic acids is 1. The van der Waals surface area contributed by atoms with Crippen molar-refractivity contribution in [3.63, 3.8) is 0 Å². The Morgan fingerprint density at radius 2 is 2.28 bits per heavy atom. The van der Waals surface area contributed by atoms with Crippen LogP contribution in [0.4, 0.5) is 4.39 Å². The summed E-state index contributed by atoms with van der Waals surface area (Å²) in [7, 11) is 0. The maximum Gasteiger partial charge on any atom is 0.326 e. The average Bonchev–Trinajstić information content (AvgIpc) is 2.80. The third kappa shape index (κ3) is 2.28. The molecule has 7 heteroatoms. The van der Waals surface area contributed by atoms with Gasteiger partial charge in [-0.25, -0.2) is 14.2 Å². The van der Waals surface area contributed by atoms with Gasteiger partial charge in [0.1, 0.15) is 17.0 Å². The van der Waals surface area contributed by atoms with E-state index in [0.717, 1.165) is 12.3 Å². The lowest BCUT2D eigenvalue weighted by Crippen LogP contribution is -2.40. The fraction of sp³-hybridized carbons (Fsp3) is 0.364. The first-order valence-electron chi connectivity index (χ1n) is 5.35. The lowest BCUT2D eigenvalue weighted by molar-refractivity contribution is -0.141. The van der Waals surface area contributed by atoms with Gasteiger partial charge in [-0.15, -0.1) is 0 Å². The Morgan fingerprint density at radius 1 is 1.56 bits per heavy atom. The van der Waals surface area contributed by atoms with E-state index in [1.54, 1.807) is 0 Å². The van der Waals surface area contributed by atoms with Crippen molar-refractivity contribution in [3.05, 3.63) is 28.8 Å². The van der Waals surface area contributed by atoms with E-state index >= 15 is 0 Å². The molecule has 0 bridgehead atoms. The maximum absolute atomic E-state index is 13.0. The second-order valence-electron chi connectivity index (χ2n) is 3.99. The number of rotatable bonds is 2. The van der Waals surface area contributed by atoms with Crippen LogP contribution in [0.3, 0.4) is 0 Å². The van der Waals surface area contributed by atoms with Crippen LogP contribution in [0.2, 0.25) is 5.15 Å². The first kappa shape index (κ1) is 12.8. The van der Waals surface area contributed by atoms with Gasteiger partial charge >= 0.3 is 5.97 Å². The van der Waals surface area contributed by atoms with Gasteiger partial charge in [-0.1, -0.05) is 11.6 Å². The molecule has 0 spiro atoms. The number of hydrogen-bond donors (Lipinski definition) is 1. The van der Waals surface area contributed by atoms with Crippen LogP contribution in [0.25, 0.3) is 0 Å². The Labute approximate surface area is 107 Å². The van der Waals surface area contributed by atoms with E-state index in [1.807, 2.05) is 0 Å². The molecule has 1 aromatic heterocycles. The standard InChI is InChI=1S/C11H10ClFN2O3/c12-9-7(4-6(13)5-14-9)10(16)15-3-1-2-8(15)11(17)18/h4-5,8H,1-3H2,(H,17,18)/t8-/m0/s1. The molecule has 1 amide bonds. The number of aromatic nitrogens is 1. The third-order valence-corrected chi connectivity index (χ3v) is 3.14. The number of pyridine rings is 1. The summed E-state index contributed by atoms with van der Waals surface area (Å²) in [6.07, 6.45) is 1.89. The summed E-state index contributed by atoms with van der Waals surface area (Å²) in [5.41, 5.74) is -0.107. The van der Waals surface area contributed by atoms with E-state index in [0.29, 0.717) is 19.4 Å². The number of carbonyl (C=O) groups is 2. The van der Waals surface area contributed by atoms with Crippen LogP contribution in [-0.4, -0.2) is 39.5 Å². The molecule has 0 saturated carbocycles. The topological polar surface area (TPSA) is 70.5 Å². The molecule has 96 valence electrons. The van der Waals surface area contributed by atoms with Crippen LogP contribution in [0.1, 0.15) is 23.2 Å². The highest BCUT2D eigenvalue weighted by atomic mass is 35.5. The molecular formula is C11H10ClFN2O3. The van der Waals surface area contributed by atoms with E-state index in [-0.39, 0.29) is 10.7 Å². The zero-order valence-corrected chi connectivity index (χ0v) is 10.0. The molecule has 0 aromatic carbocycles. The number of hydrogen-bond acceptors (Lipinski definition) is 3. The fourth-order valence-corrected chi connectivity index (χ4v) is 2.18. The van der Waals surface area contributed by atoms with Crippen LogP contribution in [0, 0.1) is 5.82 Å². The Hall–Kier alpha value is -1.69. The minimum atomic E-state index is -1.07. The van der Waals surface area contributed by atoms with Crippen molar-refractivity contribution in [1.29, 1.82) is 0 Å². The Bertz CT molecular complexity index is 509. The Morgan fingerprint density at radius 3 is 2.94 bits per heavy atom. The first-order chi connectivity index (χ1) is 8.50. The van der Waals surface area contributed by atoms with Crippen molar-refractivity contribution in [2.45, 2.75) is 18.9 Å². The largest absolute Gasteiger partial charge is 0.480 e. The molecule has 1 aliphatic heterocycles. The highest BCUT2D eigenvalue weighted by Gasteiger charge is 2.35. The molecule has 1 fully saturated rings. The summed E-state index contributed by atoms with van der Waals surface area (Å²) in [5.74, 6) is -2.35. The fourth-order valence-electron chi connectivity index (χ4n) is 1.99. The predicted molar refractivity (Wildman–Crippen MR) is 60.9 cm³/mol. The minimum Gasteiger partial charge on any atom is -0.480 e. The lowest BCUT2D eigenvalue weighted by Gasteiger charge is -2.21. The molecular weight excluding hydrogens is 263 g/mol. The van der Waals surface area contributed by atoms with Gasteiger partial charge in [0.05, 0.1) is 11.8 Å². The smallest absolute Gasteiger partial charge is 0.326 e. The van der Waals surface area contributed by atoms with E-state index in [1.165, 1.54) is 4.90 Å². The van der Waals surface area contributed by atoms with Crippen LogP contribution < -0.4 is 0 Å². The van der Waals surface area contributed by atoms with Gasteiger partial charge in [0.2, 0.25) is 0 Å². The van der Waals surface area contributed by atoms with Crippen molar-refractivity contribution in [2.24, 2.45) is 0 Å². The summed E-state index contributed by atoms with van der Waals surface area (Å²) in [5, 5.41) is 8.86. The van der Waals surface area contributed by atoms with Crippen LogP contribution >= 0.6 is 11.6 Å². The SMILES string of the molecule is O=C(O)[C@@H]1CCCN1C(=O)c1cc(F)cnc1Cl. The number of likely N-dealkylation sites (tertiary alicyclic amines) is 1. The van der Waals surface area contributed by atoms with E-state index in [2.05, 4.69) is 4.98 Å². The lowest BCUT2D eigenvalue weighted by atomic mass is 10.2. The summed E-state index contributed by atoms with van der Waals surface area (Å²) in [6.45, 7) is 0.322. The monoisotopic (exact) mass is 272 g/mol. The average molecular weight is 273 g/mol. The van der Waals surface area contributed by atoms with Crippen LogP contribution in [-0.2, 0) is 4.79 Å². The summed E-state index contributed by atoms with van der Waals surface area (Å²) >= 11 is 5.72. The number of amides is 1. The molecule has 18 heavy (non-hydrogen) atoms. The van der Waals surface area contributed by atoms with Gasteiger partial charge in [-0.2, -0.15) is 0 Å². The zero-order chi connectivity index (χ0) is 13.3. The molecule has 2 heterocycles. The van der Waals surface area contributed by atoms with Gasteiger partial charge in [-0.05, 0) is 18.9 Å². The van der Waals surface area contributed by atoms with Crippen molar-refractivity contribution < 1.29 is 19.1 Å². The number of halogens is 2. The van der Waals surface area contributed by atoms with Gasteiger partial charge < -0.3 is 10.0 Å².